The van der Waals surface area contributed by atoms with Gasteiger partial charge in [-0.1, -0.05) is 38.1 Å². The van der Waals surface area contributed by atoms with Crippen molar-refractivity contribution in [3.8, 4) is 0 Å². The highest BCUT2D eigenvalue weighted by Gasteiger charge is 2.31. The summed E-state index contributed by atoms with van der Waals surface area (Å²) >= 11 is 0. The molecule has 1 fully saturated rings. The number of aryl methyl sites for hydroxylation is 1. The first-order valence-corrected chi connectivity index (χ1v) is 5.60. The lowest BCUT2D eigenvalue weighted by molar-refractivity contribution is 0.652. The molecule has 2 rings (SSSR count). The van der Waals surface area contributed by atoms with Gasteiger partial charge in [0.2, 0.25) is 0 Å². The lowest BCUT2D eigenvalue weighted by Gasteiger charge is -2.04. The highest BCUT2D eigenvalue weighted by molar-refractivity contribution is 5.22. The molecular weight excluding hydrogens is 170 g/mol. The molecule has 2 atom stereocenters. The van der Waals surface area contributed by atoms with Crippen molar-refractivity contribution in [1.29, 1.82) is 0 Å². The first-order valence-electron chi connectivity index (χ1n) is 5.60. The molecule has 1 saturated carbocycles. The molecule has 0 bridgehead atoms. The molecule has 1 nitrogen and oxygen atoms in total. The van der Waals surface area contributed by atoms with Gasteiger partial charge in [-0.3, -0.25) is 0 Å². The summed E-state index contributed by atoms with van der Waals surface area (Å²) in [6.07, 6.45) is 2.49. The van der Waals surface area contributed by atoms with Gasteiger partial charge in [-0.25, -0.2) is 0 Å². The predicted molar refractivity (Wildman–Crippen MR) is 60.2 cm³/mol. The van der Waals surface area contributed by atoms with Gasteiger partial charge in [0.15, 0.2) is 0 Å². The molecule has 0 heterocycles. The smallest absolute Gasteiger partial charge is 0.0208 e. The Morgan fingerprint density at radius 2 is 1.79 bits per heavy atom. The lowest BCUT2D eigenvalue weighted by Crippen LogP contribution is -2.16. The Morgan fingerprint density at radius 1 is 1.21 bits per heavy atom. The van der Waals surface area contributed by atoms with Crippen LogP contribution in [0.3, 0.4) is 0 Å². The van der Waals surface area contributed by atoms with Crippen LogP contribution in [0.25, 0.3) is 0 Å². The van der Waals surface area contributed by atoms with Crippen molar-refractivity contribution >= 4 is 0 Å². The van der Waals surface area contributed by atoms with E-state index in [1.165, 1.54) is 17.5 Å². The van der Waals surface area contributed by atoms with E-state index in [2.05, 4.69) is 43.4 Å². The molecule has 0 aromatic heterocycles. The van der Waals surface area contributed by atoms with Crippen molar-refractivity contribution in [2.24, 2.45) is 5.92 Å². The largest absolute Gasteiger partial charge is 0.310 e. The molecule has 0 aliphatic heterocycles. The number of hydrogen-bond acceptors (Lipinski definition) is 1. The molecule has 76 valence electrons. The third-order valence-corrected chi connectivity index (χ3v) is 3.11. The van der Waals surface area contributed by atoms with Crippen LogP contribution >= 0.6 is 0 Å². The van der Waals surface area contributed by atoms with E-state index in [1.54, 1.807) is 0 Å². The molecule has 1 aliphatic carbocycles. The summed E-state index contributed by atoms with van der Waals surface area (Å²) in [5, 5.41) is 3.56. The molecule has 0 saturated heterocycles. The molecule has 1 aliphatic rings. The molecule has 1 aromatic carbocycles. The summed E-state index contributed by atoms with van der Waals surface area (Å²) in [6, 6.07) is 9.71. The quantitative estimate of drug-likeness (QED) is 0.768. The van der Waals surface area contributed by atoms with Gasteiger partial charge in [-0.05, 0) is 29.9 Å². The van der Waals surface area contributed by atoms with Gasteiger partial charge in [0.1, 0.15) is 0 Å². The minimum Gasteiger partial charge on any atom is -0.310 e. The Balaban J connectivity index is 1.84. The minimum atomic E-state index is 0.779. The SMILES string of the molecule is CCc1ccc(CNC2CC2C)cc1. The van der Waals surface area contributed by atoms with Gasteiger partial charge in [-0.2, -0.15) is 0 Å². The standard InChI is InChI=1S/C13H19N/c1-3-11-4-6-12(7-5-11)9-14-13-8-10(13)2/h4-7,10,13-14H,3,8-9H2,1-2H3. The summed E-state index contributed by atoms with van der Waals surface area (Å²) in [6.45, 7) is 5.52. The molecule has 1 aromatic rings. The van der Waals surface area contributed by atoms with Gasteiger partial charge in [0.05, 0.1) is 0 Å². The predicted octanol–water partition coefficient (Wildman–Crippen LogP) is 2.75. The zero-order valence-electron chi connectivity index (χ0n) is 9.09. The van der Waals surface area contributed by atoms with Crippen LogP contribution in [0.5, 0.6) is 0 Å². The normalized spacial score (nSPS) is 25.0. The third kappa shape index (κ3) is 2.36. The van der Waals surface area contributed by atoms with Crippen molar-refractivity contribution in [1.82, 2.24) is 5.32 Å². The van der Waals surface area contributed by atoms with Crippen LogP contribution in [0.15, 0.2) is 24.3 Å². The fourth-order valence-corrected chi connectivity index (χ4v) is 1.75. The van der Waals surface area contributed by atoms with Crippen LogP contribution < -0.4 is 5.32 Å². The average Bonchev–Trinajstić information content (AvgIpc) is 2.92. The Hall–Kier alpha value is -0.820. The maximum Gasteiger partial charge on any atom is 0.0208 e. The second-order valence-electron chi connectivity index (χ2n) is 4.37. The number of rotatable bonds is 4. The van der Waals surface area contributed by atoms with Gasteiger partial charge in [0, 0.05) is 12.6 Å². The van der Waals surface area contributed by atoms with E-state index in [0.717, 1.165) is 24.9 Å². The fourth-order valence-electron chi connectivity index (χ4n) is 1.75. The maximum atomic E-state index is 3.56. The maximum absolute atomic E-state index is 3.56. The molecule has 0 spiro atoms. The molecule has 1 heteroatoms. The molecule has 14 heavy (non-hydrogen) atoms. The Labute approximate surface area is 86.5 Å². The van der Waals surface area contributed by atoms with Crippen molar-refractivity contribution < 1.29 is 0 Å². The van der Waals surface area contributed by atoms with Crippen molar-refractivity contribution in [3.05, 3.63) is 35.4 Å². The van der Waals surface area contributed by atoms with Crippen LogP contribution in [0.4, 0.5) is 0 Å². The van der Waals surface area contributed by atoms with Gasteiger partial charge >= 0.3 is 0 Å². The molecule has 2 unspecified atom stereocenters. The Morgan fingerprint density at radius 3 is 2.29 bits per heavy atom. The summed E-state index contributed by atoms with van der Waals surface area (Å²) in [5.74, 6) is 0.893. The number of nitrogens with one attached hydrogen (secondary N) is 1. The van der Waals surface area contributed by atoms with E-state index < -0.39 is 0 Å². The average molecular weight is 189 g/mol. The summed E-state index contributed by atoms with van der Waals surface area (Å²) in [5.41, 5.74) is 2.83. The zero-order chi connectivity index (χ0) is 9.97. The van der Waals surface area contributed by atoms with Crippen LogP contribution in [0.1, 0.15) is 31.4 Å². The topological polar surface area (TPSA) is 12.0 Å². The van der Waals surface area contributed by atoms with Crippen LogP contribution in [0, 0.1) is 5.92 Å². The lowest BCUT2D eigenvalue weighted by atomic mass is 10.1. The first kappa shape index (κ1) is 9.72. The van der Waals surface area contributed by atoms with E-state index in [4.69, 9.17) is 0 Å². The van der Waals surface area contributed by atoms with Crippen molar-refractivity contribution in [3.63, 3.8) is 0 Å². The van der Waals surface area contributed by atoms with Gasteiger partial charge in [0.25, 0.3) is 0 Å². The van der Waals surface area contributed by atoms with Gasteiger partial charge in [-0.15, -0.1) is 0 Å². The van der Waals surface area contributed by atoms with E-state index in [9.17, 15) is 0 Å². The van der Waals surface area contributed by atoms with Crippen molar-refractivity contribution in [2.45, 2.75) is 39.3 Å². The second-order valence-corrected chi connectivity index (χ2v) is 4.37. The monoisotopic (exact) mass is 189 g/mol. The Bertz CT molecular complexity index is 289. The highest BCUT2D eigenvalue weighted by atomic mass is 15.0. The van der Waals surface area contributed by atoms with Crippen LogP contribution in [0.2, 0.25) is 0 Å². The fraction of sp³-hybridized carbons (Fsp3) is 0.538. The first-order chi connectivity index (χ1) is 6.79. The van der Waals surface area contributed by atoms with Gasteiger partial charge < -0.3 is 5.32 Å². The van der Waals surface area contributed by atoms with Crippen molar-refractivity contribution in [2.75, 3.05) is 0 Å². The number of hydrogen-bond donors (Lipinski definition) is 1. The highest BCUT2D eigenvalue weighted by Crippen LogP contribution is 2.29. The second kappa shape index (κ2) is 4.14. The zero-order valence-corrected chi connectivity index (χ0v) is 9.09. The van der Waals surface area contributed by atoms with E-state index >= 15 is 0 Å². The minimum absolute atomic E-state index is 0.779. The molecule has 1 N–H and O–H groups in total. The molecule has 0 amide bonds. The molecular formula is C13H19N. The summed E-state index contributed by atoms with van der Waals surface area (Å²) in [7, 11) is 0. The van der Waals surface area contributed by atoms with Crippen LogP contribution in [-0.2, 0) is 13.0 Å². The van der Waals surface area contributed by atoms with E-state index in [1.807, 2.05) is 0 Å². The van der Waals surface area contributed by atoms with E-state index in [0.29, 0.717) is 0 Å². The molecule has 0 radical (unpaired) electrons. The van der Waals surface area contributed by atoms with E-state index in [-0.39, 0.29) is 0 Å². The summed E-state index contributed by atoms with van der Waals surface area (Å²) < 4.78 is 0. The van der Waals surface area contributed by atoms with Crippen LogP contribution in [-0.4, -0.2) is 6.04 Å². The number of benzene rings is 1. The third-order valence-electron chi connectivity index (χ3n) is 3.11. The Kier molecular flexibility index (Phi) is 2.87. The summed E-state index contributed by atoms with van der Waals surface area (Å²) in [4.78, 5) is 0.